The van der Waals surface area contributed by atoms with E-state index in [0.717, 1.165) is 12.4 Å². The normalized spacial score (nSPS) is 12.4. The summed E-state index contributed by atoms with van der Waals surface area (Å²) in [6, 6.07) is 33.9. The van der Waals surface area contributed by atoms with Crippen molar-refractivity contribution in [1.82, 2.24) is 50.5 Å². The van der Waals surface area contributed by atoms with Gasteiger partial charge < -0.3 is 56.7 Å². The zero-order chi connectivity index (χ0) is 83.6. The van der Waals surface area contributed by atoms with Crippen LogP contribution in [-0.4, -0.2) is 134 Å². The molecule has 4 amide bonds. The Labute approximate surface area is 657 Å². The number of phosphoric acid groups is 2. The van der Waals surface area contributed by atoms with Crippen molar-refractivity contribution in [1.29, 1.82) is 0 Å². The van der Waals surface area contributed by atoms with Crippen LogP contribution in [0.3, 0.4) is 0 Å². The Morgan fingerprint density at radius 1 is 0.500 bits per heavy atom. The molecule has 4 heterocycles. The number of carboxylic acid groups (broad SMARTS) is 2. The Hall–Kier alpha value is -14.3. The summed E-state index contributed by atoms with van der Waals surface area (Å²) in [5.41, 5.74) is 12.6. The number of hydrogen-bond donors (Lipinski definition) is 10. The van der Waals surface area contributed by atoms with Crippen LogP contribution in [0.5, 0.6) is 5.75 Å². The molecular weight excluding hydrogens is 1550 g/mol. The molecule has 0 radical (unpaired) electrons. The molecule has 10 rings (SSSR count). The standard InChI is InChI=1S/C39H36N7O11P.C38H34N7O12P/c1-3-55-58(54,56-4-2)57-22-24-11-9-23(10-12-24)19-32(48)29-8-6-5-7-26(29)20-28(47)17-18-30(38(52)53)44-35(49)25-13-15-27(16-14-25)42-36(50)31-21-41-34-33(43-31)37(51)46-39(40)45-34;1-3-54-58(53,55-4-2)56-21-22-9-16-27(17-10-22)57-37(52)28-8-6-5-7-24(28)19-26(46)15-18-29(36(50)51)43-33(47)23-11-13-25(14-12-23)41-34(48)30-20-40-32-31(42-30)35(49)45-38(39)44-32/h1,5-16,21,30H,4,17-20,22H2,2H3,(H,42,50)(H,44,49)(H,52,53)(H3,40,41,45,46,51);1,5-14,16-17,20,29H,4,15,18-19,21H2,2H3,(H,41,48)(H,43,47)(H,50,51)(H3,39,40,44,45,49)/t30-,58?;29-,58?/m00/s1. The molecule has 2 unspecified atom stereocenters. The van der Waals surface area contributed by atoms with Gasteiger partial charge >= 0.3 is 33.6 Å². The number of fused-ring (bicyclic) bond motifs is 2. The van der Waals surface area contributed by atoms with Crippen LogP contribution in [0, 0.1) is 25.1 Å². The van der Waals surface area contributed by atoms with Gasteiger partial charge in [-0.05, 0) is 121 Å². The first kappa shape index (κ1) is 85.7. The van der Waals surface area contributed by atoms with Gasteiger partial charge in [0.15, 0.2) is 28.1 Å². The Morgan fingerprint density at radius 3 is 1.31 bits per heavy atom. The van der Waals surface area contributed by atoms with Gasteiger partial charge in [-0.25, -0.2) is 43.4 Å². The lowest BCUT2D eigenvalue weighted by atomic mass is 9.94. The fraction of sp³-hybridized carbons (Fsp3) is 0.195. The van der Waals surface area contributed by atoms with Gasteiger partial charge in [0.05, 0.1) is 44.4 Å². The third kappa shape index (κ3) is 24.3. The molecule has 6 aromatic carbocycles. The molecule has 596 valence electrons. The molecule has 116 heavy (non-hydrogen) atoms. The van der Waals surface area contributed by atoms with Gasteiger partial charge in [0.25, 0.3) is 34.7 Å². The van der Waals surface area contributed by atoms with E-state index >= 15 is 0 Å². The van der Waals surface area contributed by atoms with Crippen molar-refractivity contribution >= 4 is 120 Å². The third-order valence-corrected chi connectivity index (χ3v) is 19.0. The van der Waals surface area contributed by atoms with E-state index in [-0.39, 0.29) is 162 Å². The van der Waals surface area contributed by atoms with Crippen molar-refractivity contribution in [3.8, 4) is 30.8 Å². The number of nitrogens with one attached hydrogen (secondary N) is 6. The summed E-state index contributed by atoms with van der Waals surface area (Å²) in [6.07, 6.45) is 14.7. The zero-order valence-corrected chi connectivity index (χ0v) is 63.1. The van der Waals surface area contributed by atoms with Gasteiger partial charge in [0.1, 0.15) is 53.0 Å². The summed E-state index contributed by atoms with van der Waals surface area (Å²) in [5, 5.41) is 29.5. The Balaban J connectivity index is 0.000000265. The molecule has 37 nitrogen and oxygen atoms in total. The monoisotopic (exact) mass is 1620 g/mol. The highest BCUT2D eigenvalue weighted by atomic mass is 31.2. The number of carbonyl (C=O) groups excluding carboxylic acids is 8. The molecule has 0 bridgehead atoms. The summed E-state index contributed by atoms with van der Waals surface area (Å²) < 4.78 is 60.1. The third-order valence-electron chi connectivity index (χ3n) is 16.3. The van der Waals surface area contributed by atoms with Gasteiger partial charge in [0, 0.05) is 60.2 Å². The van der Waals surface area contributed by atoms with Crippen molar-refractivity contribution in [2.24, 2.45) is 0 Å². The molecule has 12 N–H and O–H groups in total. The molecule has 4 atom stereocenters. The molecule has 39 heteroatoms. The second kappa shape index (κ2) is 40.2. The van der Waals surface area contributed by atoms with E-state index in [0.29, 0.717) is 33.4 Å². The first-order chi connectivity index (χ1) is 55.5. The number of carboxylic acids is 2. The summed E-state index contributed by atoms with van der Waals surface area (Å²) in [7, 11) is -7.87. The molecule has 0 aliphatic rings. The molecule has 0 aliphatic carbocycles. The quantitative estimate of drug-likeness (QED) is 0.00583. The van der Waals surface area contributed by atoms with Crippen LogP contribution in [0.15, 0.2) is 168 Å². The summed E-state index contributed by atoms with van der Waals surface area (Å²) in [4.78, 5) is 180. The number of carbonyl (C=O) groups is 10. The number of rotatable bonds is 37. The van der Waals surface area contributed by atoms with E-state index in [9.17, 15) is 76.9 Å². The summed E-state index contributed by atoms with van der Waals surface area (Å²) in [6.45, 7) is 3.01. The molecule has 0 saturated carbocycles. The van der Waals surface area contributed by atoms with Crippen molar-refractivity contribution in [3.63, 3.8) is 0 Å². The fourth-order valence-electron chi connectivity index (χ4n) is 10.7. The second-order valence-corrected chi connectivity index (χ2v) is 27.7. The van der Waals surface area contributed by atoms with E-state index in [2.05, 4.69) is 70.2 Å². The number of terminal acetylenes is 2. The highest BCUT2D eigenvalue weighted by Gasteiger charge is 2.30. The molecule has 4 aromatic heterocycles. The van der Waals surface area contributed by atoms with E-state index < -0.39 is 86.2 Å². The number of nitrogens with two attached hydrogens (primary N) is 2. The Bertz CT molecular complexity index is 5350. The van der Waals surface area contributed by atoms with Gasteiger partial charge in [0.2, 0.25) is 11.9 Å². The predicted octanol–water partition coefficient (Wildman–Crippen LogP) is 7.83. The average molecular weight is 1620 g/mol. The number of nitrogen functional groups attached to an aromatic ring is 2. The van der Waals surface area contributed by atoms with Crippen molar-refractivity contribution in [2.75, 3.05) is 35.3 Å². The van der Waals surface area contributed by atoms with E-state index in [1.165, 1.54) is 66.7 Å². The van der Waals surface area contributed by atoms with Gasteiger partial charge in [-0.2, -0.15) is 9.97 Å². The fourth-order valence-corrected chi connectivity index (χ4v) is 12.6. The number of amides is 4. The van der Waals surface area contributed by atoms with Crippen LogP contribution < -0.4 is 48.6 Å². The SMILES string of the molecule is C#COP(=O)(OCC)OCc1ccc(CC(=O)c2ccccc2CC(=O)CC[C@H](NC(=O)c2ccc(NC(=O)c3cnc4nc(N)[nH]c(=O)c4n3)cc2)C(=O)O)cc1.C#COP(=O)(OCC)OCc1ccc(OC(=O)c2ccccc2CC(=O)CC[C@H](NC(=O)c2ccc(NC(=O)c3cnc4nc(N)[nH]c(=O)c4n3)cc2)C(=O)O)cc1. The van der Waals surface area contributed by atoms with Crippen molar-refractivity contribution < 1.29 is 99.2 Å². The van der Waals surface area contributed by atoms with Gasteiger partial charge in [-0.1, -0.05) is 91.7 Å². The number of aromatic amines is 2. The maximum absolute atomic E-state index is 13.3. The first-order valence-electron chi connectivity index (χ1n) is 34.7. The molecule has 0 aliphatic heterocycles. The number of hydrogen-bond acceptors (Lipinski definition) is 29. The largest absolute Gasteiger partial charge is 0.538 e. The lowest BCUT2D eigenvalue weighted by Crippen LogP contribution is -2.41. The molecule has 0 fully saturated rings. The number of nitrogens with zero attached hydrogens (tertiary/aromatic N) is 6. The molecular formula is C77H70N14O23P2. The second-order valence-electron chi connectivity index (χ2n) is 24.5. The minimum absolute atomic E-state index is 0.0139. The van der Waals surface area contributed by atoms with Crippen LogP contribution >= 0.6 is 15.6 Å². The topological polar surface area (TPSA) is 553 Å². The maximum atomic E-state index is 13.3. The number of phosphoric ester groups is 2. The number of benzene rings is 6. The molecule has 0 spiro atoms. The van der Waals surface area contributed by atoms with E-state index in [1.807, 2.05) is 0 Å². The number of ether oxygens (including phenoxy) is 1. The molecule has 0 saturated heterocycles. The number of Topliss-reactive ketones (excluding diaryl/α,β-unsaturated/α-hetero) is 3. The van der Waals surface area contributed by atoms with Gasteiger partial charge in [-0.15, -0.1) is 0 Å². The minimum Gasteiger partial charge on any atom is -0.480 e. The predicted molar refractivity (Wildman–Crippen MR) is 414 cm³/mol. The highest BCUT2D eigenvalue weighted by Crippen LogP contribution is 2.50. The number of ketones is 3. The summed E-state index contributed by atoms with van der Waals surface area (Å²) >= 11 is 0. The van der Waals surface area contributed by atoms with Crippen molar-refractivity contribution in [3.05, 3.63) is 240 Å². The van der Waals surface area contributed by atoms with E-state index in [4.69, 9.17) is 47.1 Å². The van der Waals surface area contributed by atoms with Crippen LogP contribution in [0.1, 0.15) is 130 Å². The van der Waals surface area contributed by atoms with E-state index in [1.54, 1.807) is 105 Å². The number of aliphatic carboxylic acids is 2. The van der Waals surface area contributed by atoms with Crippen LogP contribution in [0.2, 0.25) is 0 Å². The maximum Gasteiger partial charge on any atom is 0.538 e. The minimum atomic E-state index is -3.95. The van der Waals surface area contributed by atoms with Gasteiger partial charge in [-0.3, -0.25) is 71.2 Å². The summed E-state index contributed by atoms with van der Waals surface area (Å²) in [5.74, 6) is -7.51. The Kier molecular flexibility index (Phi) is 29.7. The first-order valence-corrected chi connectivity index (χ1v) is 37.6. The Morgan fingerprint density at radius 2 is 0.897 bits per heavy atom. The average Bonchev–Trinajstić information content (AvgIpc) is 0.816. The lowest BCUT2D eigenvalue weighted by Gasteiger charge is -2.15. The lowest BCUT2D eigenvalue weighted by molar-refractivity contribution is -0.140. The van der Waals surface area contributed by atoms with Crippen LogP contribution in [-0.2, 0) is 87.9 Å². The number of anilines is 4. The van der Waals surface area contributed by atoms with Crippen molar-refractivity contribution in [2.45, 2.75) is 84.1 Å². The number of H-pyrrole nitrogens is 2. The smallest absolute Gasteiger partial charge is 0.480 e. The number of esters is 1. The highest BCUT2D eigenvalue weighted by molar-refractivity contribution is 7.48. The zero-order valence-electron chi connectivity index (χ0n) is 61.3. The van der Waals surface area contributed by atoms with Crippen LogP contribution in [0.25, 0.3) is 22.3 Å². The molecule has 10 aromatic rings. The number of aromatic nitrogens is 8. The van der Waals surface area contributed by atoms with Crippen LogP contribution in [0.4, 0.5) is 23.3 Å².